The molecule has 0 aliphatic carbocycles. The number of carbonyl (C=O) groups excluding carboxylic acids is 2. The number of aryl methyl sites for hydroxylation is 1. The molecule has 0 aromatic carbocycles. The van der Waals surface area contributed by atoms with Gasteiger partial charge in [-0.1, -0.05) is 20.8 Å². The number of pyridine rings is 1. The van der Waals surface area contributed by atoms with Crippen molar-refractivity contribution < 1.29 is 14.7 Å². The highest BCUT2D eigenvalue weighted by molar-refractivity contribution is 6.39. The highest BCUT2D eigenvalue weighted by Crippen LogP contribution is 2.17. The van der Waals surface area contributed by atoms with Crippen LogP contribution in [0.3, 0.4) is 0 Å². The topological polar surface area (TPSA) is 111 Å². The zero-order chi connectivity index (χ0) is 16.2. The Hall–Kier alpha value is -2.15. The average molecular weight is 295 g/mol. The van der Waals surface area contributed by atoms with Gasteiger partial charge in [0.1, 0.15) is 5.69 Å². The van der Waals surface area contributed by atoms with Gasteiger partial charge in [0.25, 0.3) is 5.56 Å². The van der Waals surface area contributed by atoms with E-state index < -0.39 is 28.9 Å². The Morgan fingerprint density at radius 1 is 1.29 bits per heavy atom. The molecule has 1 atom stereocenters. The van der Waals surface area contributed by atoms with Crippen LogP contribution in [0.5, 0.6) is 0 Å². The SMILES string of the molecule is Cc1ccc(NC(=O)C(=O)NC[C@H](O)C(C)(C)C)c(=O)[nH]1. The zero-order valence-corrected chi connectivity index (χ0v) is 12.6. The van der Waals surface area contributed by atoms with Crippen LogP contribution in [0.25, 0.3) is 0 Å². The molecule has 0 aliphatic heterocycles. The lowest BCUT2D eigenvalue weighted by atomic mass is 9.89. The predicted octanol–water partition coefficient (Wildman–Crippen LogP) is 0.145. The molecule has 7 heteroatoms. The molecular formula is C14H21N3O4. The van der Waals surface area contributed by atoms with Crippen molar-refractivity contribution in [3.05, 3.63) is 28.2 Å². The molecule has 2 amide bonds. The summed E-state index contributed by atoms with van der Waals surface area (Å²) in [5.74, 6) is -1.86. The van der Waals surface area contributed by atoms with E-state index in [1.54, 1.807) is 13.0 Å². The Kier molecular flexibility index (Phi) is 5.26. The molecule has 0 bridgehead atoms. The maximum atomic E-state index is 11.7. The number of nitrogens with one attached hydrogen (secondary N) is 3. The summed E-state index contributed by atoms with van der Waals surface area (Å²) in [5, 5.41) is 14.3. The van der Waals surface area contributed by atoms with Crippen LogP contribution >= 0.6 is 0 Å². The lowest BCUT2D eigenvalue weighted by molar-refractivity contribution is -0.136. The van der Waals surface area contributed by atoms with E-state index in [4.69, 9.17) is 0 Å². The number of aliphatic hydroxyl groups is 1. The Balaban J connectivity index is 2.60. The third-order valence-electron chi connectivity index (χ3n) is 2.97. The Morgan fingerprint density at radius 2 is 1.90 bits per heavy atom. The number of amides is 2. The van der Waals surface area contributed by atoms with Crippen LogP contribution < -0.4 is 16.2 Å². The molecule has 116 valence electrons. The second kappa shape index (κ2) is 6.53. The van der Waals surface area contributed by atoms with Gasteiger partial charge in [0.15, 0.2) is 0 Å². The van der Waals surface area contributed by atoms with Gasteiger partial charge in [-0.15, -0.1) is 0 Å². The van der Waals surface area contributed by atoms with Gasteiger partial charge in [0, 0.05) is 12.2 Å². The van der Waals surface area contributed by atoms with E-state index >= 15 is 0 Å². The van der Waals surface area contributed by atoms with Crippen molar-refractivity contribution in [3.63, 3.8) is 0 Å². The molecule has 0 aliphatic rings. The first-order valence-electron chi connectivity index (χ1n) is 6.58. The number of anilines is 1. The normalized spacial score (nSPS) is 12.6. The minimum absolute atomic E-state index is 0.00267. The Labute approximate surface area is 122 Å². The highest BCUT2D eigenvalue weighted by atomic mass is 16.3. The summed E-state index contributed by atoms with van der Waals surface area (Å²) in [6.07, 6.45) is -0.781. The Morgan fingerprint density at radius 3 is 2.43 bits per heavy atom. The van der Waals surface area contributed by atoms with E-state index in [2.05, 4.69) is 15.6 Å². The van der Waals surface area contributed by atoms with Crippen LogP contribution in [0.1, 0.15) is 26.5 Å². The van der Waals surface area contributed by atoms with E-state index in [0.717, 1.165) is 0 Å². The summed E-state index contributed by atoms with van der Waals surface area (Å²) in [5.41, 5.74) is -0.239. The van der Waals surface area contributed by atoms with Crippen LogP contribution in [0, 0.1) is 12.3 Å². The number of rotatable bonds is 3. The molecule has 1 heterocycles. The van der Waals surface area contributed by atoms with Gasteiger partial charge < -0.3 is 20.7 Å². The fraction of sp³-hybridized carbons (Fsp3) is 0.500. The van der Waals surface area contributed by atoms with E-state index in [-0.39, 0.29) is 12.2 Å². The second-order valence-electron chi connectivity index (χ2n) is 5.93. The minimum Gasteiger partial charge on any atom is -0.391 e. The average Bonchev–Trinajstić information content (AvgIpc) is 2.37. The molecule has 0 spiro atoms. The number of H-pyrrole nitrogens is 1. The van der Waals surface area contributed by atoms with Crippen LogP contribution in [0.2, 0.25) is 0 Å². The predicted molar refractivity (Wildman–Crippen MR) is 78.9 cm³/mol. The number of aromatic amines is 1. The third kappa shape index (κ3) is 5.03. The van der Waals surface area contributed by atoms with Gasteiger partial charge in [0.05, 0.1) is 6.10 Å². The molecule has 4 N–H and O–H groups in total. The van der Waals surface area contributed by atoms with Crippen molar-refractivity contribution in [2.24, 2.45) is 5.41 Å². The van der Waals surface area contributed by atoms with Crippen molar-refractivity contribution in [2.45, 2.75) is 33.8 Å². The van der Waals surface area contributed by atoms with Gasteiger partial charge >= 0.3 is 11.8 Å². The molecule has 0 unspecified atom stereocenters. The molecular weight excluding hydrogens is 274 g/mol. The molecule has 0 saturated heterocycles. The monoisotopic (exact) mass is 295 g/mol. The molecule has 1 rings (SSSR count). The van der Waals surface area contributed by atoms with E-state index in [1.807, 2.05) is 20.8 Å². The van der Waals surface area contributed by atoms with Crippen molar-refractivity contribution in [1.82, 2.24) is 10.3 Å². The maximum Gasteiger partial charge on any atom is 0.313 e. The van der Waals surface area contributed by atoms with E-state index in [9.17, 15) is 19.5 Å². The van der Waals surface area contributed by atoms with Gasteiger partial charge in [0.2, 0.25) is 0 Å². The standard InChI is InChI=1S/C14H21N3O4/c1-8-5-6-9(11(19)16-8)17-13(21)12(20)15-7-10(18)14(2,3)4/h5-6,10,18H,7H2,1-4H3,(H,15,20)(H,16,19)(H,17,21)/t10-/m0/s1. The fourth-order valence-corrected chi connectivity index (χ4v) is 1.43. The molecule has 0 saturated carbocycles. The first-order chi connectivity index (χ1) is 9.61. The minimum atomic E-state index is -0.953. The Bertz CT molecular complexity index is 587. The maximum absolute atomic E-state index is 11.7. The third-order valence-corrected chi connectivity index (χ3v) is 2.97. The van der Waals surface area contributed by atoms with Crippen LogP contribution in [-0.4, -0.2) is 34.6 Å². The molecule has 0 fully saturated rings. The molecule has 1 aromatic rings. The van der Waals surface area contributed by atoms with Crippen molar-refractivity contribution >= 4 is 17.5 Å². The molecule has 0 radical (unpaired) electrons. The number of aromatic nitrogens is 1. The van der Waals surface area contributed by atoms with E-state index in [0.29, 0.717) is 5.69 Å². The van der Waals surface area contributed by atoms with Crippen molar-refractivity contribution in [2.75, 3.05) is 11.9 Å². The van der Waals surface area contributed by atoms with Crippen LogP contribution in [0.15, 0.2) is 16.9 Å². The first kappa shape index (κ1) is 16.9. The van der Waals surface area contributed by atoms with Gasteiger partial charge in [-0.3, -0.25) is 14.4 Å². The number of hydrogen-bond donors (Lipinski definition) is 4. The largest absolute Gasteiger partial charge is 0.391 e. The molecule has 1 aromatic heterocycles. The summed E-state index contributed by atoms with van der Waals surface area (Å²) >= 11 is 0. The van der Waals surface area contributed by atoms with E-state index in [1.165, 1.54) is 6.07 Å². The summed E-state index contributed by atoms with van der Waals surface area (Å²) in [6.45, 7) is 7.11. The summed E-state index contributed by atoms with van der Waals surface area (Å²) < 4.78 is 0. The van der Waals surface area contributed by atoms with Gasteiger partial charge in [-0.05, 0) is 24.5 Å². The summed E-state index contributed by atoms with van der Waals surface area (Å²) in [4.78, 5) is 37.3. The first-order valence-corrected chi connectivity index (χ1v) is 6.58. The fourth-order valence-electron chi connectivity index (χ4n) is 1.43. The van der Waals surface area contributed by atoms with Gasteiger partial charge in [-0.2, -0.15) is 0 Å². The number of aliphatic hydroxyl groups excluding tert-OH is 1. The smallest absolute Gasteiger partial charge is 0.313 e. The van der Waals surface area contributed by atoms with Gasteiger partial charge in [-0.25, -0.2) is 0 Å². The van der Waals surface area contributed by atoms with Crippen LogP contribution in [0.4, 0.5) is 5.69 Å². The molecule has 7 nitrogen and oxygen atoms in total. The number of carbonyl (C=O) groups is 2. The molecule has 21 heavy (non-hydrogen) atoms. The second-order valence-corrected chi connectivity index (χ2v) is 5.93. The number of hydrogen-bond acceptors (Lipinski definition) is 4. The zero-order valence-electron chi connectivity index (χ0n) is 12.6. The quantitative estimate of drug-likeness (QED) is 0.594. The highest BCUT2D eigenvalue weighted by Gasteiger charge is 2.24. The lowest BCUT2D eigenvalue weighted by Crippen LogP contribution is -2.43. The van der Waals surface area contributed by atoms with Crippen molar-refractivity contribution in [1.29, 1.82) is 0 Å². The lowest BCUT2D eigenvalue weighted by Gasteiger charge is -2.25. The van der Waals surface area contributed by atoms with Crippen LogP contribution in [-0.2, 0) is 9.59 Å². The van der Waals surface area contributed by atoms with Crippen molar-refractivity contribution in [3.8, 4) is 0 Å². The summed E-state index contributed by atoms with van der Waals surface area (Å²) in [6, 6.07) is 3.03. The summed E-state index contributed by atoms with van der Waals surface area (Å²) in [7, 11) is 0.